The van der Waals surface area contributed by atoms with E-state index in [2.05, 4.69) is 15.2 Å². The van der Waals surface area contributed by atoms with Gasteiger partial charge in [0.2, 0.25) is 0 Å². The number of aromatic nitrogens is 3. The Hall–Kier alpha value is -0.280. The lowest BCUT2D eigenvalue weighted by atomic mass is 10.3. The van der Waals surface area contributed by atoms with Gasteiger partial charge in [0.25, 0.3) is 0 Å². The minimum Gasteiger partial charge on any atom is -0.263 e. The summed E-state index contributed by atoms with van der Waals surface area (Å²) in [7, 11) is 0. The van der Waals surface area contributed by atoms with Crippen LogP contribution in [0, 0.1) is 6.92 Å². The Balaban J connectivity index is 0.000001000. The van der Waals surface area contributed by atoms with E-state index < -0.39 is 0 Å². The summed E-state index contributed by atoms with van der Waals surface area (Å²) in [5.74, 6) is 2.40. The number of rotatable bonds is 3. The first-order chi connectivity index (χ1) is 4.83. The van der Waals surface area contributed by atoms with Gasteiger partial charge in [-0.15, -0.1) is 24.0 Å². The van der Waals surface area contributed by atoms with Crippen molar-refractivity contribution in [2.24, 2.45) is 0 Å². The zero-order valence-corrected chi connectivity index (χ0v) is 7.87. The highest BCUT2D eigenvalue weighted by Gasteiger charge is 1.96. The molecule has 0 radical (unpaired) electrons. The zero-order chi connectivity index (χ0) is 7.40. The van der Waals surface area contributed by atoms with Gasteiger partial charge in [-0.3, -0.25) is 5.10 Å². The van der Waals surface area contributed by atoms with Crippen molar-refractivity contribution < 1.29 is 0 Å². The average Bonchev–Trinajstić information content (AvgIpc) is 2.31. The first-order valence-corrected chi connectivity index (χ1v) is 3.80. The second-order valence-electron chi connectivity index (χ2n) is 2.13. The second kappa shape index (κ2) is 5.38. The summed E-state index contributed by atoms with van der Waals surface area (Å²) in [6.45, 7) is 1.89. The van der Waals surface area contributed by atoms with E-state index >= 15 is 0 Å². The summed E-state index contributed by atoms with van der Waals surface area (Å²) in [5.41, 5.74) is 0. The Labute approximate surface area is 77.0 Å². The van der Waals surface area contributed by atoms with Gasteiger partial charge in [0.05, 0.1) is 0 Å². The van der Waals surface area contributed by atoms with Crippen LogP contribution in [0.3, 0.4) is 0 Å². The number of nitrogens with one attached hydrogen (secondary N) is 1. The van der Waals surface area contributed by atoms with Crippen LogP contribution in [0.4, 0.5) is 0 Å². The maximum atomic E-state index is 5.49. The molecule has 0 spiro atoms. The molecule has 0 saturated carbocycles. The largest absolute Gasteiger partial charge is 0.263 e. The number of aromatic amines is 1. The maximum absolute atomic E-state index is 5.49. The van der Waals surface area contributed by atoms with Gasteiger partial charge in [0.15, 0.2) is 5.82 Å². The zero-order valence-electron chi connectivity index (χ0n) is 6.30. The highest BCUT2D eigenvalue weighted by molar-refractivity contribution is 6.17. The molecule has 0 unspecified atom stereocenters. The standard InChI is InChI=1S/C6H10ClN3.ClH/c1-5-8-6(10-9-5)3-2-4-7;/h2-4H2,1H3,(H,8,9,10);1H. The molecule has 0 fully saturated rings. The van der Waals surface area contributed by atoms with Gasteiger partial charge in [0, 0.05) is 12.3 Å². The smallest absolute Gasteiger partial charge is 0.150 e. The van der Waals surface area contributed by atoms with E-state index in [1.165, 1.54) is 0 Å². The number of aryl methyl sites for hydroxylation is 2. The van der Waals surface area contributed by atoms with Gasteiger partial charge in [-0.25, -0.2) is 4.98 Å². The van der Waals surface area contributed by atoms with E-state index in [-0.39, 0.29) is 12.4 Å². The fraction of sp³-hybridized carbons (Fsp3) is 0.667. The van der Waals surface area contributed by atoms with Gasteiger partial charge in [-0.05, 0) is 13.3 Å². The summed E-state index contributed by atoms with van der Waals surface area (Å²) in [6, 6.07) is 0. The van der Waals surface area contributed by atoms with Gasteiger partial charge in [-0.1, -0.05) is 0 Å². The lowest BCUT2D eigenvalue weighted by Gasteiger charge is -1.87. The molecule has 0 aliphatic carbocycles. The number of H-pyrrole nitrogens is 1. The van der Waals surface area contributed by atoms with Crippen LogP contribution in [0.25, 0.3) is 0 Å². The number of hydrogen-bond donors (Lipinski definition) is 1. The van der Waals surface area contributed by atoms with E-state index in [4.69, 9.17) is 11.6 Å². The Morgan fingerprint density at radius 3 is 2.73 bits per heavy atom. The molecule has 1 heterocycles. The van der Waals surface area contributed by atoms with Crippen LogP contribution in [0.1, 0.15) is 18.1 Å². The Morgan fingerprint density at radius 1 is 1.55 bits per heavy atom. The van der Waals surface area contributed by atoms with Gasteiger partial charge in [-0.2, -0.15) is 5.10 Å². The predicted molar refractivity (Wildman–Crippen MR) is 47.4 cm³/mol. The molecule has 11 heavy (non-hydrogen) atoms. The van der Waals surface area contributed by atoms with Crippen molar-refractivity contribution in [1.82, 2.24) is 15.2 Å². The molecule has 0 aromatic carbocycles. The Kier molecular flexibility index (Phi) is 5.24. The summed E-state index contributed by atoms with van der Waals surface area (Å²) >= 11 is 5.49. The van der Waals surface area contributed by atoms with Crippen LogP contribution in [0.2, 0.25) is 0 Å². The number of nitrogens with zero attached hydrogens (tertiary/aromatic N) is 2. The molecular weight excluding hydrogens is 185 g/mol. The fourth-order valence-electron chi connectivity index (χ4n) is 0.726. The molecule has 0 amide bonds. The predicted octanol–water partition coefficient (Wildman–Crippen LogP) is 1.71. The lowest BCUT2D eigenvalue weighted by Crippen LogP contribution is -1.88. The van der Waals surface area contributed by atoms with Crippen LogP contribution in [-0.2, 0) is 6.42 Å². The molecule has 0 saturated heterocycles. The molecule has 64 valence electrons. The van der Waals surface area contributed by atoms with Gasteiger partial charge >= 0.3 is 0 Å². The monoisotopic (exact) mass is 195 g/mol. The van der Waals surface area contributed by atoms with E-state index in [1.807, 2.05) is 6.92 Å². The van der Waals surface area contributed by atoms with Crippen LogP contribution >= 0.6 is 24.0 Å². The van der Waals surface area contributed by atoms with E-state index in [9.17, 15) is 0 Å². The van der Waals surface area contributed by atoms with Crippen molar-refractivity contribution >= 4 is 24.0 Å². The molecule has 1 rings (SSSR count). The second-order valence-corrected chi connectivity index (χ2v) is 2.51. The minimum atomic E-state index is 0. The SMILES string of the molecule is Cc1nc(CCCCl)n[nH]1.Cl. The molecular formula is C6H11Cl2N3. The average molecular weight is 196 g/mol. The lowest BCUT2D eigenvalue weighted by molar-refractivity contribution is 0.845. The fourth-order valence-corrected chi connectivity index (χ4v) is 0.859. The topological polar surface area (TPSA) is 41.6 Å². The van der Waals surface area contributed by atoms with Gasteiger partial charge in [0.1, 0.15) is 5.82 Å². The van der Waals surface area contributed by atoms with Crippen molar-refractivity contribution in [3.63, 3.8) is 0 Å². The van der Waals surface area contributed by atoms with Crippen molar-refractivity contribution in [3.05, 3.63) is 11.6 Å². The highest BCUT2D eigenvalue weighted by atomic mass is 35.5. The minimum absolute atomic E-state index is 0. The normalized spacial score (nSPS) is 9.27. The number of halogens is 2. The van der Waals surface area contributed by atoms with E-state index in [0.29, 0.717) is 5.88 Å². The molecule has 1 aromatic heterocycles. The molecule has 3 nitrogen and oxygen atoms in total. The third kappa shape index (κ3) is 3.58. The quantitative estimate of drug-likeness (QED) is 0.747. The molecule has 0 atom stereocenters. The van der Waals surface area contributed by atoms with Crippen molar-refractivity contribution in [3.8, 4) is 0 Å². The molecule has 5 heteroatoms. The van der Waals surface area contributed by atoms with Crippen molar-refractivity contribution in [1.29, 1.82) is 0 Å². The van der Waals surface area contributed by atoms with Crippen LogP contribution < -0.4 is 0 Å². The Bertz CT molecular complexity index is 199. The summed E-state index contributed by atoms with van der Waals surface area (Å²) < 4.78 is 0. The molecule has 0 bridgehead atoms. The summed E-state index contributed by atoms with van der Waals surface area (Å²) in [4.78, 5) is 4.12. The molecule has 1 N–H and O–H groups in total. The van der Waals surface area contributed by atoms with E-state index in [0.717, 1.165) is 24.5 Å². The van der Waals surface area contributed by atoms with Crippen LogP contribution in [0.5, 0.6) is 0 Å². The van der Waals surface area contributed by atoms with Crippen LogP contribution in [0.15, 0.2) is 0 Å². The summed E-state index contributed by atoms with van der Waals surface area (Å²) in [6.07, 6.45) is 1.81. The molecule has 0 aliphatic rings. The third-order valence-electron chi connectivity index (χ3n) is 1.18. The van der Waals surface area contributed by atoms with Crippen molar-refractivity contribution in [2.75, 3.05) is 5.88 Å². The number of hydrogen-bond acceptors (Lipinski definition) is 2. The highest BCUT2D eigenvalue weighted by Crippen LogP contribution is 1.96. The Morgan fingerprint density at radius 2 is 2.27 bits per heavy atom. The van der Waals surface area contributed by atoms with Crippen molar-refractivity contribution in [2.45, 2.75) is 19.8 Å². The van der Waals surface area contributed by atoms with E-state index in [1.54, 1.807) is 0 Å². The molecule has 0 aliphatic heterocycles. The maximum Gasteiger partial charge on any atom is 0.150 e. The first kappa shape index (κ1) is 10.7. The number of alkyl halides is 1. The first-order valence-electron chi connectivity index (χ1n) is 3.27. The van der Waals surface area contributed by atoms with Gasteiger partial charge < -0.3 is 0 Å². The summed E-state index contributed by atoms with van der Waals surface area (Å²) in [5, 5.41) is 6.73. The molecule has 1 aromatic rings. The third-order valence-corrected chi connectivity index (χ3v) is 1.44. The van der Waals surface area contributed by atoms with Crippen LogP contribution in [-0.4, -0.2) is 21.1 Å².